The van der Waals surface area contributed by atoms with Crippen LogP contribution in [0, 0.1) is 5.82 Å². The van der Waals surface area contributed by atoms with Gasteiger partial charge in [0, 0.05) is 24.7 Å². The van der Waals surface area contributed by atoms with Gasteiger partial charge in [-0.1, -0.05) is 47.3 Å². The zero-order valence-electron chi connectivity index (χ0n) is 16.5. The Morgan fingerprint density at radius 2 is 1.74 bits per heavy atom. The molecule has 0 unspecified atom stereocenters. The molecule has 4 aromatic rings. The Balaban J connectivity index is 1.54. The molecule has 0 aliphatic rings. The minimum atomic E-state index is -0.351. The summed E-state index contributed by atoms with van der Waals surface area (Å²) in [4.78, 5) is 21.2. The monoisotopic (exact) mass is 434 g/mol. The van der Waals surface area contributed by atoms with Crippen molar-refractivity contribution in [1.29, 1.82) is 0 Å². The van der Waals surface area contributed by atoms with E-state index in [0.29, 0.717) is 35.3 Å². The van der Waals surface area contributed by atoms with Gasteiger partial charge in [-0.15, -0.1) is 5.10 Å². The molecule has 1 amide bonds. The van der Waals surface area contributed by atoms with Crippen molar-refractivity contribution in [2.45, 2.75) is 17.3 Å². The highest BCUT2D eigenvalue weighted by Crippen LogP contribution is 2.23. The van der Waals surface area contributed by atoms with E-state index >= 15 is 0 Å². The minimum absolute atomic E-state index is 0.223. The lowest BCUT2D eigenvalue weighted by atomic mass is 10.1. The Kier molecular flexibility index (Phi) is 6.63. The van der Waals surface area contributed by atoms with Gasteiger partial charge in [-0.2, -0.15) is 0 Å². The summed E-state index contributed by atoms with van der Waals surface area (Å²) in [5, 5.41) is 11.7. The number of hydrogen-bond acceptors (Lipinski definition) is 6. The van der Waals surface area contributed by atoms with Crippen LogP contribution in [-0.2, 0) is 12.2 Å². The first-order valence-corrected chi connectivity index (χ1v) is 10.6. The highest BCUT2D eigenvalue weighted by molar-refractivity contribution is 7.98. The number of nitrogens with one attached hydrogen (secondary N) is 1. The fourth-order valence-electron chi connectivity index (χ4n) is 2.94. The first-order chi connectivity index (χ1) is 15.2. The first-order valence-electron chi connectivity index (χ1n) is 9.63. The maximum atomic E-state index is 13.4. The standard InChI is InChI=1S/C22H19FN6OS/c23-17-7-9-18(10-8-17)29-19(15-31-22-25-12-4-13-26-22)20(27-28-29)21(30)24-14-11-16-5-2-1-3-6-16/h1-10,12-13H,11,14-15H2,(H,24,30). The SMILES string of the molecule is O=C(NCCc1ccccc1)c1nnn(-c2ccc(F)cc2)c1CSc1ncccn1. The van der Waals surface area contributed by atoms with Crippen LogP contribution < -0.4 is 5.32 Å². The van der Waals surface area contributed by atoms with Crippen LogP contribution in [0.25, 0.3) is 5.69 Å². The third-order valence-corrected chi connectivity index (χ3v) is 5.36. The molecule has 7 nitrogen and oxygen atoms in total. The number of aromatic nitrogens is 5. The van der Waals surface area contributed by atoms with Gasteiger partial charge in [0.1, 0.15) is 5.82 Å². The second-order valence-electron chi connectivity index (χ2n) is 6.58. The quantitative estimate of drug-likeness (QED) is 0.338. The number of benzene rings is 2. The van der Waals surface area contributed by atoms with Gasteiger partial charge in [-0.25, -0.2) is 19.0 Å². The molecule has 0 radical (unpaired) electrons. The summed E-state index contributed by atoms with van der Waals surface area (Å²) in [6.07, 6.45) is 4.02. The molecule has 0 spiro atoms. The van der Waals surface area contributed by atoms with Gasteiger partial charge in [0.15, 0.2) is 10.9 Å². The molecule has 0 saturated heterocycles. The molecule has 0 atom stereocenters. The van der Waals surface area contributed by atoms with Crippen molar-refractivity contribution in [3.63, 3.8) is 0 Å². The van der Waals surface area contributed by atoms with Gasteiger partial charge < -0.3 is 5.32 Å². The Labute approximate surface area is 182 Å². The lowest BCUT2D eigenvalue weighted by Crippen LogP contribution is -2.27. The topological polar surface area (TPSA) is 85.6 Å². The van der Waals surface area contributed by atoms with E-state index in [2.05, 4.69) is 25.6 Å². The summed E-state index contributed by atoms with van der Waals surface area (Å²) >= 11 is 1.37. The van der Waals surface area contributed by atoms with Gasteiger partial charge in [0.25, 0.3) is 5.91 Å². The number of carbonyl (C=O) groups excluding carboxylic acids is 1. The molecule has 0 aliphatic carbocycles. The number of rotatable bonds is 8. The Morgan fingerprint density at radius 1 is 1.00 bits per heavy atom. The summed E-state index contributed by atoms with van der Waals surface area (Å²) < 4.78 is 14.9. The Morgan fingerprint density at radius 3 is 2.48 bits per heavy atom. The zero-order chi connectivity index (χ0) is 21.5. The first kappa shape index (κ1) is 20.7. The fourth-order valence-corrected chi connectivity index (χ4v) is 3.73. The number of amides is 1. The second kappa shape index (κ2) is 9.94. The molecule has 0 aliphatic heterocycles. The molecule has 1 N–H and O–H groups in total. The number of carbonyl (C=O) groups is 1. The van der Waals surface area contributed by atoms with E-state index in [1.807, 2.05) is 30.3 Å². The summed E-state index contributed by atoms with van der Waals surface area (Å²) in [5.41, 5.74) is 2.55. The van der Waals surface area contributed by atoms with Crippen molar-refractivity contribution in [3.05, 3.63) is 95.8 Å². The van der Waals surface area contributed by atoms with E-state index < -0.39 is 0 Å². The number of nitrogens with zero attached hydrogens (tertiary/aromatic N) is 5. The third kappa shape index (κ3) is 5.32. The smallest absolute Gasteiger partial charge is 0.273 e. The lowest BCUT2D eigenvalue weighted by Gasteiger charge is -2.08. The molecular formula is C22H19FN6OS. The predicted octanol–water partition coefficient (Wildman–Crippen LogP) is 3.46. The van der Waals surface area contributed by atoms with Crippen molar-refractivity contribution < 1.29 is 9.18 Å². The molecule has 4 rings (SSSR count). The number of thioether (sulfide) groups is 1. The van der Waals surface area contributed by atoms with Crippen LogP contribution in [0.2, 0.25) is 0 Å². The van der Waals surface area contributed by atoms with Gasteiger partial charge >= 0.3 is 0 Å². The summed E-state index contributed by atoms with van der Waals surface area (Å²) in [5.74, 6) is -0.291. The van der Waals surface area contributed by atoms with Crippen molar-refractivity contribution in [1.82, 2.24) is 30.3 Å². The van der Waals surface area contributed by atoms with E-state index in [4.69, 9.17) is 0 Å². The summed E-state index contributed by atoms with van der Waals surface area (Å²) in [6, 6.07) is 17.5. The number of hydrogen-bond donors (Lipinski definition) is 1. The molecule has 2 heterocycles. The maximum Gasteiger partial charge on any atom is 0.273 e. The molecule has 156 valence electrons. The molecular weight excluding hydrogens is 415 g/mol. The van der Waals surface area contributed by atoms with Gasteiger partial charge in [-0.05, 0) is 42.3 Å². The van der Waals surface area contributed by atoms with Crippen LogP contribution in [0.1, 0.15) is 21.7 Å². The third-order valence-electron chi connectivity index (χ3n) is 4.47. The van der Waals surface area contributed by atoms with E-state index in [-0.39, 0.29) is 17.4 Å². The fraction of sp³-hybridized carbons (Fsp3) is 0.136. The molecule has 9 heteroatoms. The van der Waals surface area contributed by atoms with Gasteiger partial charge in [-0.3, -0.25) is 4.79 Å². The largest absolute Gasteiger partial charge is 0.350 e. The molecule has 0 fully saturated rings. The van der Waals surface area contributed by atoms with Crippen LogP contribution in [0.15, 0.2) is 78.2 Å². The normalized spacial score (nSPS) is 10.7. The van der Waals surface area contributed by atoms with Crippen LogP contribution >= 0.6 is 11.8 Å². The van der Waals surface area contributed by atoms with Crippen LogP contribution in [-0.4, -0.2) is 37.4 Å². The van der Waals surface area contributed by atoms with Crippen LogP contribution in [0.5, 0.6) is 0 Å². The average Bonchev–Trinajstić information content (AvgIpc) is 3.23. The van der Waals surface area contributed by atoms with Crippen molar-refractivity contribution >= 4 is 17.7 Å². The highest BCUT2D eigenvalue weighted by atomic mass is 32.2. The van der Waals surface area contributed by atoms with E-state index in [9.17, 15) is 9.18 Å². The lowest BCUT2D eigenvalue weighted by molar-refractivity contribution is 0.0948. The maximum absolute atomic E-state index is 13.4. The molecule has 0 bridgehead atoms. The second-order valence-corrected chi connectivity index (χ2v) is 7.53. The highest BCUT2D eigenvalue weighted by Gasteiger charge is 2.21. The van der Waals surface area contributed by atoms with Crippen molar-refractivity contribution in [2.75, 3.05) is 6.54 Å². The molecule has 31 heavy (non-hydrogen) atoms. The van der Waals surface area contributed by atoms with Crippen LogP contribution in [0.4, 0.5) is 4.39 Å². The van der Waals surface area contributed by atoms with E-state index in [1.54, 1.807) is 35.3 Å². The molecule has 2 aromatic heterocycles. The predicted molar refractivity (Wildman–Crippen MR) is 115 cm³/mol. The summed E-state index contributed by atoms with van der Waals surface area (Å²) in [6.45, 7) is 0.473. The average molecular weight is 435 g/mol. The Hall–Kier alpha value is -3.59. The molecule has 0 saturated carbocycles. The van der Waals surface area contributed by atoms with Crippen LogP contribution in [0.3, 0.4) is 0 Å². The van der Waals surface area contributed by atoms with Crippen molar-refractivity contribution in [3.8, 4) is 5.69 Å². The van der Waals surface area contributed by atoms with Gasteiger partial charge in [0.05, 0.1) is 11.4 Å². The minimum Gasteiger partial charge on any atom is -0.350 e. The van der Waals surface area contributed by atoms with E-state index in [0.717, 1.165) is 5.56 Å². The summed E-state index contributed by atoms with van der Waals surface area (Å²) in [7, 11) is 0. The zero-order valence-corrected chi connectivity index (χ0v) is 17.3. The van der Waals surface area contributed by atoms with E-state index in [1.165, 1.54) is 23.9 Å². The number of halogens is 1. The molecule has 2 aromatic carbocycles. The Bertz CT molecular complexity index is 1140. The van der Waals surface area contributed by atoms with Gasteiger partial charge in [0.2, 0.25) is 0 Å². The van der Waals surface area contributed by atoms with Crippen molar-refractivity contribution in [2.24, 2.45) is 0 Å².